The summed E-state index contributed by atoms with van der Waals surface area (Å²) < 4.78 is 0. The Bertz CT molecular complexity index is 698. The molecule has 2 aromatic rings. The molecule has 0 unspecified atom stereocenters. The van der Waals surface area contributed by atoms with E-state index < -0.39 is 0 Å². The fourth-order valence-corrected chi connectivity index (χ4v) is 2.74. The second-order valence-electron chi connectivity index (χ2n) is 5.72. The number of hydrogen-bond donors (Lipinski definition) is 1. The van der Waals surface area contributed by atoms with E-state index in [0.29, 0.717) is 25.6 Å². The molecular weight excluding hydrogens is 326 g/mol. The fraction of sp³-hybridized carbons (Fsp3) is 0.353. The number of aromatic nitrogens is 2. The number of anilines is 2. The number of hydrogen-bond acceptors (Lipinski definition) is 5. The van der Waals surface area contributed by atoms with E-state index in [1.807, 2.05) is 35.2 Å². The van der Waals surface area contributed by atoms with Crippen LogP contribution in [-0.4, -0.2) is 47.0 Å². The summed E-state index contributed by atoms with van der Waals surface area (Å²) in [4.78, 5) is 24.3. The van der Waals surface area contributed by atoms with Crippen LogP contribution in [-0.2, 0) is 11.3 Å². The van der Waals surface area contributed by atoms with Crippen molar-refractivity contribution in [3.8, 4) is 0 Å². The molecule has 24 heavy (non-hydrogen) atoms. The molecule has 0 saturated carbocycles. The number of rotatable bonds is 4. The Morgan fingerprint density at radius 2 is 1.88 bits per heavy atom. The third-order valence-corrected chi connectivity index (χ3v) is 4.29. The lowest BCUT2D eigenvalue weighted by molar-refractivity contribution is -0.129. The average Bonchev–Trinajstić information content (AvgIpc) is 2.61. The second kappa shape index (κ2) is 7.49. The molecular formula is C17H20ClN5O. The zero-order valence-electron chi connectivity index (χ0n) is 13.6. The first-order valence-corrected chi connectivity index (χ1v) is 8.31. The van der Waals surface area contributed by atoms with Gasteiger partial charge in [-0.05, 0) is 23.8 Å². The van der Waals surface area contributed by atoms with Crippen molar-refractivity contribution < 1.29 is 4.79 Å². The molecule has 0 atom stereocenters. The van der Waals surface area contributed by atoms with Crippen molar-refractivity contribution in [2.75, 3.05) is 36.4 Å². The molecule has 3 rings (SSSR count). The van der Waals surface area contributed by atoms with E-state index in [1.54, 1.807) is 13.1 Å². The minimum atomic E-state index is 0.119. The van der Waals surface area contributed by atoms with Crippen LogP contribution in [0.2, 0.25) is 5.02 Å². The summed E-state index contributed by atoms with van der Waals surface area (Å²) in [7, 11) is 0. The van der Waals surface area contributed by atoms with E-state index in [9.17, 15) is 4.79 Å². The third-order valence-electron chi connectivity index (χ3n) is 4.04. The maximum Gasteiger partial charge on any atom is 0.227 e. The lowest BCUT2D eigenvalue weighted by atomic mass is 10.2. The Kier molecular flexibility index (Phi) is 5.15. The highest BCUT2D eigenvalue weighted by Gasteiger charge is 2.20. The van der Waals surface area contributed by atoms with Crippen molar-refractivity contribution in [3.05, 3.63) is 47.1 Å². The molecule has 7 heteroatoms. The molecule has 0 radical (unpaired) electrons. The number of nitrogens with one attached hydrogen (secondary N) is 1. The summed E-state index contributed by atoms with van der Waals surface area (Å²) in [5.74, 6) is 1.59. The smallest absolute Gasteiger partial charge is 0.227 e. The van der Waals surface area contributed by atoms with Crippen molar-refractivity contribution in [1.82, 2.24) is 14.9 Å². The molecule has 2 heterocycles. The molecule has 1 aliphatic heterocycles. The second-order valence-corrected chi connectivity index (χ2v) is 6.15. The van der Waals surface area contributed by atoms with Gasteiger partial charge in [0, 0.05) is 50.9 Å². The monoisotopic (exact) mass is 345 g/mol. The molecule has 1 saturated heterocycles. The van der Waals surface area contributed by atoms with Gasteiger partial charge in [-0.25, -0.2) is 4.98 Å². The lowest BCUT2D eigenvalue weighted by Crippen LogP contribution is -2.48. The Morgan fingerprint density at radius 3 is 2.54 bits per heavy atom. The maximum absolute atomic E-state index is 11.4. The molecule has 1 aromatic carbocycles. The number of amides is 1. The molecule has 1 aromatic heterocycles. The zero-order chi connectivity index (χ0) is 16.9. The third kappa shape index (κ3) is 4.14. The Morgan fingerprint density at radius 1 is 1.17 bits per heavy atom. The highest BCUT2D eigenvalue weighted by Crippen LogP contribution is 2.15. The summed E-state index contributed by atoms with van der Waals surface area (Å²) in [6.07, 6.45) is 1.75. The van der Waals surface area contributed by atoms with Gasteiger partial charge in [0.2, 0.25) is 11.9 Å². The molecule has 0 aliphatic carbocycles. The zero-order valence-corrected chi connectivity index (χ0v) is 14.3. The van der Waals surface area contributed by atoms with Crippen LogP contribution in [0.15, 0.2) is 36.5 Å². The number of carbonyl (C=O) groups excluding carboxylic acids is 1. The van der Waals surface area contributed by atoms with Crippen LogP contribution in [0.4, 0.5) is 11.8 Å². The predicted octanol–water partition coefficient (Wildman–Crippen LogP) is 2.41. The SMILES string of the molecule is CC(=O)N1CCN(c2nccc(NCc3ccc(Cl)cc3)n2)CC1. The minimum absolute atomic E-state index is 0.119. The Labute approximate surface area is 146 Å². The number of nitrogens with zero attached hydrogens (tertiary/aromatic N) is 4. The summed E-state index contributed by atoms with van der Waals surface area (Å²) in [5.41, 5.74) is 1.13. The molecule has 6 nitrogen and oxygen atoms in total. The van der Waals surface area contributed by atoms with Gasteiger partial charge in [-0.1, -0.05) is 23.7 Å². The van der Waals surface area contributed by atoms with Gasteiger partial charge in [-0.15, -0.1) is 0 Å². The van der Waals surface area contributed by atoms with Gasteiger partial charge in [-0.3, -0.25) is 4.79 Å². The van der Waals surface area contributed by atoms with Crippen molar-refractivity contribution >= 4 is 29.3 Å². The molecule has 1 fully saturated rings. The first kappa shape index (κ1) is 16.5. The van der Waals surface area contributed by atoms with Crippen LogP contribution in [0.25, 0.3) is 0 Å². The van der Waals surface area contributed by atoms with Gasteiger partial charge in [0.25, 0.3) is 0 Å². The van der Waals surface area contributed by atoms with Gasteiger partial charge in [0.05, 0.1) is 0 Å². The van der Waals surface area contributed by atoms with Gasteiger partial charge in [0.15, 0.2) is 0 Å². The first-order valence-electron chi connectivity index (χ1n) is 7.93. The van der Waals surface area contributed by atoms with E-state index in [-0.39, 0.29) is 5.91 Å². The van der Waals surface area contributed by atoms with E-state index in [0.717, 1.165) is 29.5 Å². The van der Waals surface area contributed by atoms with E-state index >= 15 is 0 Å². The standard InChI is InChI=1S/C17H20ClN5O/c1-13(24)22-8-10-23(11-9-22)17-19-7-6-16(21-17)20-12-14-2-4-15(18)5-3-14/h2-7H,8-12H2,1H3,(H,19,20,21). The fourth-order valence-electron chi connectivity index (χ4n) is 2.62. The van der Waals surface area contributed by atoms with Crippen molar-refractivity contribution in [2.45, 2.75) is 13.5 Å². The van der Waals surface area contributed by atoms with Gasteiger partial charge in [0.1, 0.15) is 5.82 Å². The number of carbonyl (C=O) groups is 1. The number of halogens is 1. The Hall–Kier alpha value is -2.34. The first-order chi connectivity index (χ1) is 11.6. The van der Waals surface area contributed by atoms with Crippen LogP contribution in [0, 0.1) is 0 Å². The van der Waals surface area contributed by atoms with Crippen molar-refractivity contribution in [3.63, 3.8) is 0 Å². The summed E-state index contributed by atoms with van der Waals surface area (Å²) in [6.45, 7) is 5.20. The summed E-state index contributed by atoms with van der Waals surface area (Å²) in [6, 6.07) is 9.57. The molecule has 126 valence electrons. The lowest BCUT2D eigenvalue weighted by Gasteiger charge is -2.34. The highest BCUT2D eigenvalue weighted by atomic mass is 35.5. The average molecular weight is 346 g/mol. The van der Waals surface area contributed by atoms with Crippen LogP contribution in [0.1, 0.15) is 12.5 Å². The van der Waals surface area contributed by atoms with Crippen LogP contribution in [0.5, 0.6) is 0 Å². The van der Waals surface area contributed by atoms with Crippen molar-refractivity contribution in [2.24, 2.45) is 0 Å². The maximum atomic E-state index is 11.4. The van der Waals surface area contributed by atoms with Crippen molar-refractivity contribution in [1.29, 1.82) is 0 Å². The number of piperazine rings is 1. The predicted molar refractivity (Wildman–Crippen MR) is 95.3 cm³/mol. The van der Waals surface area contributed by atoms with Crippen LogP contribution < -0.4 is 10.2 Å². The van der Waals surface area contributed by atoms with E-state index in [4.69, 9.17) is 11.6 Å². The number of benzene rings is 1. The molecule has 0 bridgehead atoms. The summed E-state index contributed by atoms with van der Waals surface area (Å²) in [5, 5.41) is 4.03. The Balaban J connectivity index is 1.60. The van der Waals surface area contributed by atoms with E-state index in [1.165, 1.54) is 0 Å². The molecule has 0 spiro atoms. The quantitative estimate of drug-likeness (QED) is 0.922. The highest BCUT2D eigenvalue weighted by molar-refractivity contribution is 6.30. The largest absolute Gasteiger partial charge is 0.366 e. The molecule has 1 N–H and O–H groups in total. The topological polar surface area (TPSA) is 61.4 Å². The van der Waals surface area contributed by atoms with Gasteiger partial charge in [-0.2, -0.15) is 4.98 Å². The van der Waals surface area contributed by atoms with Gasteiger partial charge >= 0.3 is 0 Å². The summed E-state index contributed by atoms with van der Waals surface area (Å²) >= 11 is 5.89. The van der Waals surface area contributed by atoms with Crippen LogP contribution in [0.3, 0.4) is 0 Å². The molecule has 1 aliphatic rings. The minimum Gasteiger partial charge on any atom is -0.366 e. The van der Waals surface area contributed by atoms with Gasteiger partial charge < -0.3 is 15.1 Å². The normalized spacial score (nSPS) is 14.6. The molecule has 1 amide bonds. The van der Waals surface area contributed by atoms with Crippen LogP contribution >= 0.6 is 11.6 Å². The van der Waals surface area contributed by atoms with E-state index in [2.05, 4.69) is 20.2 Å².